The zero-order valence-electron chi connectivity index (χ0n) is 16.0. The number of nitrogens with one attached hydrogen (secondary N) is 1. The van der Waals surface area contributed by atoms with Gasteiger partial charge in [-0.15, -0.1) is 23.7 Å². The zero-order chi connectivity index (χ0) is 18.4. The fraction of sp³-hybridized carbons (Fsp3) is 0.450. The SMILES string of the molecule is CC(C)n1ncnc1-c1nc2c(s1)CCOc1cc(C3CCNC3)ccc1-2.Cl. The second kappa shape index (κ2) is 7.81. The van der Waals surface area contributed by atoms with Gasteiger partial charge in [-0.25, -0.2) is 14.6 Å². The highest BCUT2D eigenvalue weighted by molar-refractivity contribution is 7.15. The summed E-state index contributed by atoms with van der Waals surface area (Å²) >= 11 is 1.71. The van der Waals surface area contributed by atoms with E-state index in [1.54, 1.807) is 17.7 Å². The van der Waals surface area contributed by atoms with Gasteiger partial charge in [-0.3, -0.25) is 0 Å². The van der Waals surface area contributed by atoms with Crippen LogP contribution in [0.3, 0.4) is 0 Å². The first-order chi connectivity index (χ1) is 13.2. The monoisotopic (exact) mass is 417 g/mol. The van der Waals surface area contributed by atoms with E-state index in [9.17, 15) is 0 Å². The molecule has 3 aromatic rings. The Hall–Kier alpha value is -1.96. The maximum atomic E-state index is 6.10. The van der Waals surface area contributed by atoms with Crippen LogP contribution >= 0.6 is 23.7 Å². The van der Waals surface area contributed by atoms with Gasteiger partial charge in [-0.2, -0.15) is 5.10 Å². The third-order valence-corrected chi connectivity index (χ3v) is 6.44. The zero-order valence-corrected chi connectivity index (χ0v) is 17.6. The molecular weight excluding hydrogens is 394 g/mol. The molecule has 148 valence electrons. The number of fused-ring (bicyclic) bond motifs is 3. The van der Waals surface area contributed by atoms with Crippen molar-refractivity contribution in [2.75, 3.05) is 19.7 Å². The molecule has 4 heterocycles. The minimum Gasteiger partial charge on any atom is -0.492 e. The average Bonchev–Trinajstić information content (AvgIpc) is 3.40. The van der Waals surface area contributed by atoms with Gasteiger partial charge in [0.05, 0.1) is 12.3 Å². The summed E-state index contributed by atoms with van der Waals surface area (Å²) in [6.45, 7) is 7.05. The molecule has 0 aliphatic carbocycles. The van der Waals surface area contributed by atoms with Crippen LogP contribution in [0.15, 0.2) is 24.5 Å². The molecular formula is C20H24ClN5OS. The highest BCUT2D eigenvalue weighted by Crippen LogP contribution is 2.41. The van der Waals surface area contributed by atoms with Crippen molar-refractivity contribution >= 4 is 23.7 Å². The van der Waals surface area contributed by atoms with Gasteiger partial charge in [0.15, 0.2) is 10.8 Å². The van der Waals surface area contributed by atoms with Crippen molar-refractivity contribution < 1.29 is 4.74 Å². The second-order valence-corrected chi connectivity index (χ2v) is 8.54. The van der Waals surface area contributed by atoms with Crippen LogP contribution in [0.4, 0.5) is 0 Å². The molecule has 1 saturated heterocycles. The fourth-order valence-electron chi connectivity index (χ4n) is 3.91. The van der Waals surface area contributed by atoms with Crippen molar-refractivity contribution in [1.82, 2.24) is 25.1 Å². The van der Waals surface area contributed by atoms with E-state index in [4.69, 9.17) is 9.72 Å². The summed E-state index contributed by atoms with van der Waals surface area (Å²) in [4.78, 5) is 10.7. The number of halogens is 1. The molecule has 1 atom stereocenters. The summed E-state index contributed by atoms with van der Waals surface area (Å²) in [5, 5.41) is 8.74. The number of nitrogens with zero attached hydrogens (tertiary/aromatic N) is 4. The molecule has 2 aromatic heterocycles. The highest BCUT2D eigenvalue weighted by atomic mass is 35.5. The molecule has 1 N–H and O–H groups in total. The van der Waals surface area contributed by atoms with E-state index < -0.39 is 0 Å². The number of rotatable bonds is 3. The lowest BCUT2D eigenvalue weighted by Crippen LogP contribution is -2.08. The Balaban J connectivity index is 0.00000192. The topological polar surface area (TPSA) is 64.9 Å². The van der Waals surface area contributed by atoms with Gasteiger partial charge in [0.1, 0.15) is 12.1 Å². The van der Waals surface area contributed by atoms with E-state index in [0.717, 1.165) is 47.3 Å². The van der Waals surface area contributed by atoms with Crippen LogP contribution in [0.1, 0.15) is 42.7 Å². The number of aromatic nitrogens is 4. The summed E-state index contributed by atoms with van der Waals surface area (Å²) < 4.78 is 8.03. The molecule has 1 aromatic carbocycles. The number of ether oxygens (including phenoxy) is 1. The molecule has 0 saturated carbocycles. The first-order valence-electron chi connectivity index (χ1n) is 9.58. The molecule has 1 unspecified atom stereocenters. The lowest BCUT2D eigenvalue weighted by atomic mass is 9.96. The first kappa shape index (κ1) is 19.4. The third kappa shape index (κ3) is 3.32. The fourth-order valence-corrected chi connectivity index (χ4v) is 4.95. The Morgan fingerprint density at radius 3 is 3.00 bits per heavy atom. The Kier molecular flexibility index (Phi) is 5.40. The molecule has 0 radical (unpaired) electrons. The highest BCUT2D eigenvalue weighted by Gasteiger charge is 2.25. The molecule has 2 aliphatic heterocycles. The van der Waals surface area contributed by atoms with Gasteiger partial charge in [0.25, 0.3) is 0 Å². The Bertz CT molecular complexity index is 977. The summed E-state index contributed by atoms with van der Waals surface area (Å²) in [5.74, 6) is 2.39. The van der Waals surface area contributed by atoms with Crippen molar-refractivity contribution in [3.63, 3.8) is 0 Å². The lowest BCUT2D eigenvalue weighted by Gasteiger charge is -2.13. The van der Waals surface area contributed by atoms with E-state index in [1.165, 1.54) is 16.9 Å². The summed E-state index contributed by atoms with van der Waals surface area (Å²) in [7, 11) is 0. The van der Waals surface area contributed by atoms with E-state index in [-0.39, 0.29) is 18.4 Å². The Morgan fingerprint density at radius 1 is 1.32 bits per heavy atom. The molecule has 1 fully saturated rings. The molecule has 5 rings (SSSR count). The molecule has 2 aliphatic rings. The standard InChI is InChI=1S/C20H23N5OS.ClH/c1-12(2)25-19(22-11-23-25)20-24-18-15-4-3-13(14-5-7-21-10-14)9-16(15)26-8-6-17(18)27-20;/h3-4,9,11-12,14,21H,5-8,10H2,1-2H3;1H. The number of hydrogen-bond acceptors (Lipinski definition) is 6. The van der Waals surface area contributed by atoms with Crippen LogP contribution in [0.2, 0.25) is 0 Å². The van der Waals surface area contributed by atoms with Crippen molar-refractivity contribution in [2.24, 2.45) is 0 Å². The van der Waals surface area contributed by atoms with E-state index in [0.29, 0.717) is 12.5 Å². The summed E-state index contributed by atoms with van der Waals surface area (Å²) in [5.41, 5.74) is 3.49. The van der Waals surface area contributed by atoms with Crippen LogP contribution in [0.5, 0.6) is 5.75 Å². The predicted octanol–water partition coefficient (Wildman–Crippen LogP) is 4.08. The van der Waals surface area contributed by atoms with Crippen LogP contribution in [0.25, 0.3) is 22.1 Å². The van der Waals surface area contributed by atoms with Gasteiger partial charge in [0.2, 0.25) is 0 Å². The molecule has 6 nitrogen and oxygen atoms in total. The molecule has 0 amide bonds. The first-order valence-corrected chi connectivity index (χ1v) is 10.4. The smallest absolute Gasteiger partial charge is 0.187 e. The molecule has 8 heteroatoms. The normalized spacial score (nSPS) is 18.2. The maximum Gasteiger partial charge on any atom is 0.187 e. The third-order valence-electron chi connectivity index (χ3n) is 5.33. The van der Waals surface area contributed by atoms with E-state index in [2.05, 4.69) is 47.4 Å². The molecule has 0 spiro atoms. The van der Waals surface area contributed by atoms with Crippen LogP contribution in [0, 0.1) is 0 Å². The Morgan fingerprint density at radius 2 is 2.21 bits per heavy atom. The van der Waals surface area contributed by atoms with Gasteiger partial charge in [0, 0.05) is 29.4 Å². The largest absolute Gasteiger partial charge is 0.492 e. The van der Waals surface area contributed by atoms with Crippen molar-refractivity contribution in [3.05, 3.63) is 35.0 Å². The van der Waals surface area contributed by atoms with Crippen LogP contribution in [-0.4, -0.2) is 39.4 Å². The summed E-state index contributed by atoms with van der Waals surface area (Å²) in [6, 6.07) is 6.90. The summed E-state index contributed by atoms with van der Waals surface area (Å²) in [6.07, 6.45) is 3.68. The van der Waals surface area contributed by atoms with Crippen molar-refractivity contribution in [3.8, 4) is 27.8 Å². The molecule has 28 heavy (non-hydrogen) atoms. The van der Waals surface area contributed by atoms with Gasteiger partial charge in [-0.1, -0.05) is 6.07 Å². The molecule has 0 bridgehead atoms. The number of benzene rings is 1. The minimum atomic E-state index is 0. The maximum absolute atomic E-state index is 6.10. The quantitative estimate of drug-likeness (QED) is 0.695. The van der Waals surface area contributed by atoms with Crippen LogP contribution < -0.4 is 10.1 Å². The van der Waals surface area contributed by atoms with Crippen molar-refractivity contribution in [1.29, 1.82) is 0 Å². The average molecular weight is 418 g/mol. The second-order valence-electron chi connectivity index (χ2n) is 7.46. The van der Waals surface area contributed by atoms with Gasteiger partial charge < -0.3 is 10.1 Å². The number of thiazole rings is 1. The van der Waals surface area contributed by atoms with Crippen molar-refractivity contribution in [2.45, 2.75) is 38.6 Å². The van der Waals surface area contributed by atoms with Crippen LogP contribution in [-0.2, 0) is 6.42 Å². The number of hydrogen-bond donors (Lipinski definition) is 1. The van der Waals surface area contributed by atoms with E-state index >= 15 is 0 Å². The minimum absolute atomic E-state index is 0. The van der Waals surface area contributed by atoms with E-state index in [1.807, 2.05) is 4.68 Å². The van der Waals surface area contributed by atoms with Gasteiger partial charge >= 0.3 is 0 Å². The predicted molar refractivity (Wildman–Crippen MR) is 114 cm³/mol. The Labute approximate surface area is 174 Å². The lowest BCUT2D eigenvalue weighted by molar-refractivity contribution is 0.327. The van der Waals surface area contributed by atoms with Gasteiger partial charge in [-0.05, 0) is 50.4 Å².